The van der Waals surface area contributed by atoms with Crippen molar-refractivity contribution in [3.63, 3.8) is 0 Å². The van der Waals surface area contributed by atoms with E-state index in [1.807, 2.05) is 0 Å². The summed E-state index contributed by atoms with van der Waals surface area (Å²) in [5.74, 6) is 0.637. The van der Waals surface area contributed by atoms with Crippen molar-refractivity contribution in [3.8, 4) is 0 Å². The highest BCUT2D eigenvalue weighted by Crippen LogP contribution is 2.35. The Labute approximate surface area is 75.5 Å². The second-order valence-corrected chi connectivity index (χ2v) is 4.63. The lowest BCUT2D eigenvalue weighted by atomic mass is 9.76. The van der Waals surface area contributed by atoms with E-state index in [0.29, 0.717) is 5.92 Å². The van der Waals surface area contributed by atoms with Crippen molar-refractivity contribution >= 4 is 6.29 Å². The zero-order chi connectivity index (χ0) is 9.03. The van der Waals surface area contributed by atoms with E-state index in [1.165, 1.54) is 38.5 Å². The lowest BCUT2D eigenvalue weighted by Gasteiger charge is -2.27. The molecule has 1 fully saturated rings. The molecule has 1 heteroatoms. The summed E-state index contributed by atoms with van der Waals surface area (Å²) in [4.78, 5) is 10.8. The van der Waals surface area contributed by atoms with Crippen LogP contribution in [0.2, 0.25) is 0 Å². The van der Waals surface area contributed by atoms with Gasteiger partial charge in [0.1, 0.15) is 6.29 Å². The van der Waals surface area contributed by atoms with Crippen LogP contribution in [0.3, 0.4) is 0 Å². The van der Waals surface area contributed by atoms with Gasteiger partial charge in [0.25, 0.3) is 0 Å². The molecule has 12 heavy (non-hydrogen) atoms. The molecule has 0 saturated heterocycles. The number of hydrogen-bond donors (Lipinski definition) is 0. The zero-order valence-corrected chi connectivity index (χ0v) is 8.31. The molecule has 1 aliphatic carbocycles. The van der Waals surface area contributed by atoms with Gasteiger partial charge in [-0.25, -0.2) is 0 Å². The molecule has 0 aromatic heterocycles. The molecule has 0 aromatic rings. The van der Waals surface area contributed by atoms with Gasteiger partial charge in [-0.3, -0.25) is 0 Å². The molecule has 0 spiro atoms. The molecule has 0 amide bonds. The monoisotopic (exact) mass is 168 g/mol. The summed E-state index contributed by atoms with van der Waals surface area (Å²) in [5, 5.41) is 0. The Kier molecular flexibility index (Phi) is 3.30. The van der Waals surface area contributed by atoms with Gasteiger partial charge < -0.3 is 4.79 Å². The summed E-state index contributed by atoms with van der Waals surface area (Å²) in [6.07, 6.45) is 9.03. The Morgan fingerprint density at radius 2 is 1.58 bits per heavy atom. The zero-order valence-electron chi connectivity index (χ0n) is 8.31. The maximum atomic E-state index is 10.8. The second-order valence-electron chi connectivity index (χ2n) is 4.63. The summed E-state index contributed by atoms with van der Waals surface area (Å²) < 4.78 is 0. The first-order valence-electron chi connectivity index (χ1n) is 5.13. The van der Waals surface area contributed by atoms with Crippen molar-refractivity contribution in [2.24, 2.45) is 11.3 Å². The lowest BCUT2D eigenvalue weighted by molar-refractivity contribution is -0.117. The first-order chi connectivity index (χ1) is 5.67. The Morgan fingerprint density at radius 1 is 1.08 bits per heavy atom. The summed E-state index contributed by atoms with van der Waals surface area (Å²) in [7, 11) is 0. The minimum absolute atomic E-state index is 0.0790. The Hall–Kier alpha value is -0.330. The summed E-state index contributed by atoms with van der Waals surface area (Å²) in [5.41, 5.74) is -0.0790. The van der Waals surface area contributed by atoms with Crippen LogP contribution in [-0.4, -0.2) is 6.29 Å². The van der Waals surface area contributed by atoms with E-state index >= 15 is 0 Å². The van der Waals surface area contributed by atoms with Crippen molar-refractivity contribution in [1.29, 1.82) is 0 Å². The van der Waals surface area contributed by atoms with E-state index in [4.69, 9.17) is 0 Å². The number of hydrogen-bond acceptors (Lipinski definition) is 1. The first kappa shape index (κ1) is 9.76. The van der Waals surface area contributed by atoms with Gasteiger partial charge in [-0.05, 0) is 18.8 Å². The van der Waals surface area contributed by atoms with E-state index in [9.17, 15) is 4.79 Å². The van der Waals surface area contributed by atoms with Crippen LogP contribution in [0.25, 0.3) is 0 Å². The van der Waals surface area contributed by atoms with E-state index in [-0.39, 0.29) is 5.41 Å². The normalized spacial score (nSPS) is 21.8. The molecule has 1 nitrogen and oxygen atoms in total. The molecular weight excluding hydrogens is 148 g/mol. The van der Waals surface area contributed by atoms with Gasteiger partial charge in [0, 0.05) is 5.41 Å². The molecule has 0 atom stereocenters. The first-order valence-corrected chi connectivity index (χ1v) is 5.13. The molecule has 0 unspecified atom stereocenters. The highest BCUT2D eigenvalue weighted by atomic mass is 16.1. The van der Waals surface area contributed by atoms with Crippen LogP contribution < -0.4 is 0 Å². The molecular formula is C11H20O. The van der Waals surface area contributed by atoms with E-state index < -0.39 is 0 Å². The van der Waals surface area contributed by atoms with Crippen LogP contribution in [0.1, 0.15) is 52.4 Å². The molecule has 70 valence electrons. The summed E-state index contributed by atoms with van der Waals surface area (Å²) in [6, 6.07) is 0. The molecule has 1 rings (SSSR count). The van der Waals surface area contributed by atoms with Crippen molar-refractivity contribution in [3.05, 3.63) is 0 Å². The van der Waals surface area contributed by atoms with Gasteiger partial charge >= 0.3 is 0 Å². The third kappa shape index (κ3) is 2.33. The van der Waals surface area contributed by atoms with Crippen LogP contribution in [0.5, 0.6) is 0 Å². The van der Waals surface area contributed by atoms with Gasteiger partial charge in [-0.2, -0.15) is 0 Å². The van der Waals surface area contributed by atoms with Gasteiger partial charge in [0.05, 0.1) is 0 Å². The average Bonchev–Trinajstić information content (AvgIpc) is 2.32. The lowest BCUT2D eigenvalue weighted by Crippen LogP contribution is -2.25. The van der Waals surface area contributed by atoms with Crippen LogP contribution in [-0.2, 0) is 4.79 Å². The maximum Gasteiger partial charge on any atom is 0.125 e. The summed E-state index contributed by atoms with van der Waals surface area (Å²) >= 11 is 0. The average molecular weight is 168 g/mol. The van der Waals surface area contributed by atoms with Crippen LogP contribution >= 0.6 is 0 Å². The fourth-order valence-electron chi connectivity index (χ4n) is 2.12. The van der Waals surface area contributed by atoms with Gasteiger partial charge in [0.2, 0.25) is 0 Å². The van der Waals surface area contributed by atoms with Crippen molar-refractivity contribution in [2.75, 3.05) is 0 Å². The van der Waals surface area contributed by atoms with Crippen molar-refractivity contribution in [2.45, 2.75) is 52.4 Å². The fourth-order valence-corrected chi connectivity index (χ4v) is 2.12. The quantitative estimate of drug-likeness (QED) is 0.457. The smallest absolute Gasteiger partial charge is 0.125 e. The van der Waals surface area contributed by atoms with Gasteiger partial charge in [-0.1, -0.05) is 39.5 Å². The summed E-state index contributed by atoms with van der Waals surface area (Å²) in [6.45, 7) is 4.16. The Bertz CT molecular complexity index is 141. The van der Waals surface area contributed by atoms with Crippen LogP contribution in [0.15, 0.2) is 0 Å². The van der Waals surface area contributed by atoms with E-state index in [2.05, 4.69) is 13.8 Å². The number of carbonyl (C=O) groups excluding carboxylic acids is 1. The number of aldehydes is 1. The molecule has 0 bridgehead atoms. The minimum atomic E-state index is -0.0790. The molecule has 1 aliphatic rings. The topological polar surface area (TPSA) is 17.1 Å². The number of carbonyl (C=O) groups is 1. The van der Waals surface area contributed by atoms with E-state index in [0.717, 1.165) is 6.29 Å². The molecule has 0 radical (unpaired) electrons. The molecule has 0 aromatic carbocycles. The Morgan fingerprint density at radius 3 is 2.00 bits per heavy atom. The highest BCUT2D eigenvalue weighted by molar-refractivity contribution is 5.58. The van der Waals surface area contributed by atoms with Crippen LogP contribution in [0.4, 0.5) is 0 Å². The predicted octanol–water partition coefficient (Wildman–Crippen LogP) is 3.18. The SMILES string of the molecule is CC(C)(C=O)C1CCCCCC1. The molecule has 0 N–H and O–H groups in total. The van der Waals surface area contributed by atoms with Crippen LogP contribution in [0, 0.1) is 11.3 Å². The van der Waals surface area contributed by atoms with Crippen molar-refractivity contribution < 1.29 is 4.79 Å². The van der Waals surface area contributed by atoms with E-state index in [1.54, 1.807) is 0 Å². The molecule has 1 saturated carbocycles. The Balaban J connectivity index is 2.53. The standard InChI is InChI=1S/C11H20O/c1-11(2,9-12)10-7-5-3-4-6-8-10/h9-10H,3-8H2,1-2H3. The third-order valence-electron chi connectivity index (χ3n) is 3.21. The molecule has 0 aliphatic heterocycles. The largest absolute Gasteiger partial charge is 0.303 e. The highest BCUT2D eigenvalue weighted by Gasteiger charge is 2.28. The maximum absolute atomic E-state index is 10.8. The predicted molar refractivity (Wildman–Crippen MR) is 51.0 cm³/mol. The molecule has 0 heterocycles. The minimum Gasteiger partial charge on any atom is -0.303 e. The van der Waals surface area contributed by atoms with Gasteiger partial charge in [-0.15, -0.1) is 0 Å². The second kappa shape index (κ2) is 4.06. The van der Waals surface area contributed by atoms with Crippen molar-refractivity contribution in [1.82, 2.24) is 0 Å². The fraction of sp³-hybridized carbons (Fsp3) is 0.909. The number of rotatable bonds is 2. The van der Waals surface area contributed by atoms with Gasteiger partial charge in [0.15, 0.2) is 0 Å². The third-order valence-corrected chi connectivity index (χ3v) is 3.21.